The number of carbonyl (C=O) groups excluding carboxylic acids is 2. The molecule has 0 radical (unpaired) electrons. The van der Waals surface area contributed by atoms with Crippen LogP contribution < -0.4 is 14.8 Å². The summed E-state index contributed by atoms with van der Waals surface area (Å²) in [6, 6.07) is 14.3. The second kappa shape index (κ2) is 9.01. The number of ether oxygens (including phenoxy) is 3. The van der Waals surface area contributed by atoms with Crippen molar-refractivity contribution in [2.75, 3.05) is 26.1 Å². The van der Waals surface area contributed by atoms with Crippen molar-refractivity contribution in [1.29, 1.82) is 0 Å². The first kappa shape index (κ1) is 19.4. The number of para-hydroxylation sites is 2. The van der Waals surface area contributed by atoms with Gasteiger partial charge in [-0.1, -0.05) is 12.1 Å². The van der Waals surface area contributed by atoms with Crippen LogP contribution in [0.15, 0.2) is 53.9 Å². The normalized spacial score (nSPS) is 10.2. The number of esters is 1. The van der Waals surface area contributed by atoms with Crippen molar-refractivity contribution in [2.24, 2.45) is 0 Å². The number of nitrogens with zero attached hydrogens (tertiary/aromatic N) is 1. The minimum atomic E-state index is -0.661. The number of benzene rings is 2. The molecule has 0 atom stereocenters. The molecule has 1 aromatic heterocycles. The summed E-state index contributed by atoms with van der Waals surface area (Å²) in [5.41, 5.74) is 1.51. The lowest BCUT2D eigenvalue weighted by atomic mass is 10.2. The fourth-order valence-electron chi connectivity index (χ4n) is 2.37. The van der Waals surface area contributed by atoms with Gasteiger partial charge < -0.3 is 19.5 Å². The average molecular weight is 398 g/mol. The van der Waals surface area contributed by atoms with Gasteiger partial charge >= 0.3 is 5.97 Å². The maximum absolute atomic E-state index is 12.2. The number of rotatable bonds is 7. The lowest BCUT2D eigenvalue weighted by Crippen LogP contribution is -2.21. The first-order chi connectivity index (χ1) is 13.6. The summed E-state index contributed by atoms with van der Waals surface area (Å²) < 4.78 is 15.3. The maximum Gasteiger partial charge on any atom is 0.358 e. The molecule has 0 unspecified atom stereocenters. The highest BCUT2D eigenvalue weighted by molar-refractivity contribution is 7.13. The zero-order chi connectivity index (χ0) is 19.9. The summed E-state index contributed by atoms with van der Waals surface area (Å²) in [6.07, 6.45) is 0. The fraction of sp³-hybridized carbons (Fsp3) is 0.150. The molecular weight excluding hydrogens is 380 g/mol. The molecule has 1 amide bonds. The quantitative estimate of drug-likeness (QED) is 0.612. The van der Waals surface area contributed by atoms with Crippen molar-refractivity contribution < 1.29 is 23.8 Å². The Morgan fingerprint density at radius 3 is 2.50 bits per heavy atom. The molecule has 144 valence electrons. The van der Waals surface area contributed by atoms with E-state index in [9.17, 15) is 9.59 Å². The van der Waals surface area contributed by atoms with Crippen molar-refractivity contribution >= 4 is 28.9 Å². The van der Waals surface area contributed by atoms with Gasteiger partial charge in [-0.3, -0.25) is 4.79 Å². The number of hydrogen-bond donors (Lipinski definition) is 1. The van der Waals surface area contributed by atoms with E-state index in [1.165, 1.54) is 18.4 Å². The van der Waals surface area contributed by atoms with Crippen LogP contribution in [0.3, 0.4) is 0 Å². The summed E-state index contributed by atoms with van der Waals surface area (Å²) >= 11 is 1.32. The van der Waals surface area contributed by atoms with Crippen LogP contribution in [-0.4, -0.2) is 37.7 Å². The maximum atomic E-state index is 12.2. The smallest absolute Gasteiger partial charge is 0.358 e. The molecule has 3 rings (SSSR count). The second-order valence-corrected chi connectivity index (χ2v) is 6.45. The van der Waals surface area contributed by atoms with Gasteiger partial charge in [-0.15, -0.1) is 11.3 Å². The Kier molecular flexibility index (Phi) is 6.23. The predicted molar refractivity (Wildman–Crippen MR) is 106 cm³/mol. The van der Waals surface area contributed by atoms with E-state index >= 15 is 0 Å². The average Bonchev–Trinajstić information content (AvgIpc) is 3.23. The highest BCUT2D eigenvalue weighted by Crippen LogP contribution is 2.26. The molecule has 7 nitrogen and oxygen atoms in total. The lowest BCUT2D eigenvalue weighted by molar-refractivity contribution is -0.119. The number of hydrogen-bond acceptors (Lipinski definition) is 7. The third kappa shape index (κ3) is 4.66. The summed E-state index contributed by atoms with van der Waals surface area (Å²) in [5.74, 6) is 0.126. The molecule has 0 saturated carbocycles. The van der Waals surface area contributed by atoms with Gasteiger partial charge in [0.1, 0.15) is 16.5 Å². The summed E-state index contributed by atoms with van der Waals surface area (Å²) in [5, 5.41) is 4.91. The SMILES string of the molecule is COc1ccc(-c2nc(C(=O)OCC(=O)Nc3ccccc3OC)cs2)cc1. The first-order valence-electron chi connectivity index (χ1n) is 8.30. The molecule has 8 heteroatoms. The van der Waals surface area contributed by atoms with E-state index < -0.39 is 18.5 Å². The van der Waals surface area contributed by atoms with Gasteiger partial charge in [0.15, 0.2) is 12.3 Å². The molecular formula is C20H18N2O5S. The van der Waals surface area contributed by atoms with Crippen LogP contribution in [0.4, 0.5) is 5.69 Å². The summed E-state index contributed by atoms with van der Waals surface area (Å²) in [4.78, 5) is 28.5. The highest BCUT2D eigenvalue weighted by atomic mass is 32.1. The number of anilines is 1. The van der Waals surface area contributed by atoms with E-state index in [0.29, 0.717) is 16.4 Å². The van der Waals surface area contributed by atoms with E-state index in [2.05, 4.69) is 10.3 Å². The number of thiazole rings is 1. The lowest BCUT2D eigenvalue weighted by Gasteiger charge is -2.09. The Morgan fingerprint density at radius 2 is 1.79 bits per heavy atom. The number of nitrogens with one attached hydrogen (secondary N) is 1. The first-order valence-corrected chi connectivity index (χ1v) is 9.18. The third-order valence-corrected chi connectivity index (χ3v) is 4.66. The van der Waals surface area contributed by atoms with Crippen LogP contribution in [0.25, 0.3) is 10.6 Å². The number of carbonyl (C=O) groups is 2. The Hall–Kier alpha value is -3.39. The summed E-state index contributed by atoms with van der Waals surface area (Å²) in [7, 11) is 3.10. The molecule has 2 aromatic carbocycles. The van der Waals surface area contributed by atoms with E-state index in [0.717, 1.165) is 11.3 Å². The largest absolute Gasteiger partial charge is 0.497 e. The zero-order valence-electron chi connectivity index (χ0n) is 15.3. The van der Waals surface area contributed by atoms with E-state index in [4.69, 9.17) is 14.2 Å². The van der Waals surface area contributed by atoms with Gasteiger partial charge in [0, 0.05) is 10.9 Å². The second-order valence-electron chi connectivity index (χ2n) is 5.59. The molecule has 1 heterocycles. The van der Waals surface area contributed by atoms with Gasteiger partial charge in [0.25, 0.3) is 5.91 Å². The van der Waals surface area contributed by atoms with Crippen molar-refractivity contribution in [1.82, 2.24) is 4.98 Å². The molecule has 0 aliphatic rings. The standard InChI is InChI=1S/C20H18N2O5S/c1-25-14-9-7-13(8-10-14)19-22-16(12-28-19)20(24)27-11-18(23)21-15-5-3-4-6-17(15)26-2/h3-10,12H,11H2,1-2H3,(H,21,23). The Morgan fingerprint density at radius 1 is 1.04 bits per heavy atom. The third-order valence-electron chi connectivity index (χ3n) is 3.77. The number of methoxy groups -OCH3 is 2. The van der Waals surface area contributed by atoms with Crippen LogP contribution in [-0.2, 0) is 9.53 Å². The highest BCUT2D eigenvalue weighted by Gasteiger charge is 2.15. The zero-order valence-corrected chi connectivity index (χ0v) is 16.1. The van der Waals surface area contributed by atoms with Gasteiger partial charge in [-0.05, 0) is 36.4 Å². The van der Waals surface area contributed by atoms with Crippen LogP contribution in [0.5, 0.6) is 11.5 Å². The minimum Gasteiger partial charge on any atom is -0.497 e. The van der Waals surface area contributed by atoms with Crippen LogP contribution in [0.2, 0.25) is 0 Å². The topological polar surface area (TPSA) is 86.8 Å². The van der Waals surface area contributed by atoms with Crippen LogP contribution >= 0.6 is 11.3 Å². The van der Waals surface area contributed by atoms with Gasteiger partial charge in [-0.25, -0.2) is 9.78 Å². The van der Waals surface area contributed by atoms with Crippen molar-refractivity contribution in [2.45, 2.75) is 0 Å². The van der Waals surface area contributed by atoms with Crippen molar-refractivity contribution in [3.8, 4) is 22.1 Å². The molecule has 28 heavy (non-hydrogen) atoms. The van der Waals surface area contributed by atoms with Gasteiger partial charge in [-0.2, -0.15) is 0 Å². The van der Waals surface area contributed by atoms with E-state index in [-0.39, 0.29) is 5.69 Å². The minimum absolute atomic E-state index is 0.154. The van der Waals surface area contributed by atoms with E-state index in [1.54, 1.807) is 36.8 Å². The molecule has 1 N–H and O–H groups in total. The van der Waals surface area contributed by atoms with Crippen molar-refractivity contribution in [3.05, 3.63) is 59.6 Å². The Labute approximate surface area is 165 Å². The monoisotopic (exact) mass is 398 g/mol. The molecule has 3 aromatic rings. The number of aromatic nitrogens is 1. The van der Waals surface area contributed by atoms with Gasteiger partial charge in [0.05, 0.1) is 19.9 Å². The van der Waals surface area contributed by atoms with Crippen molar-refractivity contribution in [3.63, 3.8) is 0 Å². The molecule has 0 aliphatic carbocycles. The molecule has 0 spiro atoms. The summed E-state index contributed by atoms with van der Waals surface area (Å²) in [6.45, 7) is -0.424. The fourth-order valence-corrected chi connectivity index (χ4v) is 3.17. The molecule has 0 bridgehead atoms. The van der Waals surface area contributed by atoms with Crippen LogP contribution in [0.1, 0.15) is 10.5 Å². The van der Waals surface area contributed by atoms with E-state index in [1.807, 2.05) is 24.3 Å². The van der Waals surface area contributed by atoms with Crippen LogP contribution in [0, 0.1) is 0 Å². The Balaban J connectivity index is 1.57. The molecule has 0 saturated heterocycles. The van der Waals surface area contributed by atoms with Gasteiger partial charge in [0.2, 0.25) is 0 Å². The Bertz CT molecular complexity index is 969. The number of amides is 1. The predicted octanol–water partition coefficient (Wildman–Crippen LogP) is 3.62. The molecule has 0 aliphatic heterocycles. The molecule has 0 fully saturated rings.